The molecule has 1 aliphatic rings. The Balaban J connectivity index is 1.92. The number of sulfonamides is 1. The van der Waals surface area contributed by atoms with Gasteiger partial charge in [-0.05, 0) is 19.3 Å². The number of fused-ring (bicyclic) bond motifs is 1. The molecule has 8 nitrogen and oxygen atoms in total. The molecule has 120 valence electrons. The predicted octanol–water partition coefficient (Wildman–Crippen LogP) is 0.271. The number of aryl methyl sites for hydroxylation is 1. The lowest BCUT2D eigenvalue weighted by Gasteiger charge is -2.36. The first-order valence-electron chi connectivity index (χ1n) is 7.30. The van der Waals surface area contributed by atoms with E-state index in [1.807, 2.05) is 7.05 Å². The molecular weight excluding hydrogens is 304 g/mol. The van der Waals surface area contributed by atoms with Crippen LogP contribution in [0.15, 0.2) is 12.5 Å². The molecule has 1 N–H and O–H groups in total. The van der Waals surface area contributed by atoms with Gasteiger partial charge in [0.25, 0.3) is 0 Å². The fraction of sp³-hybridized carbons (Fsp3) is 0.615. The van der Waals surface area contributed by atoms with Crippen molar-refractivity contribution in [3.8, 4) is 0 Å². The first-order valence-corrected chi connectivity index (χ1v) is 9.19. The molecule has 2 aromatic rings. The molecule has 0 aromatic carbocycles. The van der Waals surface area contributed by atoms with Crippen LogP contribution in [0.25, 0.3) is 11.0 Å². The Bertz CT molecular complexity index is 772. The number of hydrogen-bond donors (Lipinski definition) is 1. The minimum Gasteiger partial charge on any atom is -0.352 e. The van der Waals surface area contributed by atoms with Crippen molar-refractivity contribution in [3.63, 3.8) is 0 Å². The zero-order chi connectivity index (χ0) is 15.7. The second-order valence-electron chi connectivity index (χ2n) is 5.67. The molecule has 0 amide bonds. The molecule has 0 bridgehead atoms. The van der Waals surface area contributed by atoms with Gasteiger partial charge in [-0.1, -0.05) is 0 Å². The van der Waals surface area contributed by atoms with E-state index < -0.39 is 10.0 Å². The summed E-state index contributed by atoms with van der Waals surface area (Å²) in [5.41, 5.74) is 0.783. The highest BCUT2D eigenvalue weighted by Gasteiger charge is 2.26. The molecule has 22 heavy (non-hydrogen) atoms. The van der Waals surface area contributed by atoms with Gasteiger partial charge < -0.3 is 4.90 Å². The summed E-state index contributed by atoms with van der Waals surface area (Å²) in [5, 5.41) is 5.14. The molecule has 0 saturated carbocycles. The molecule has 0 unspecified atom stereocenters. The quantitative estimate of drug-likeness (QED) is 0.868. The normalized spacial score (nSPS) is 19.7. The maximum atomic E-state index is 11.4. The third kappa shape index (κ3) is 3.05. The summed E-state index contributed by atoms with van der Waals surface area (Å²) in [4.78, 5) is 10.9. The minimum absolute atomic E-state index is 0.0989. The van der Waals surface area contributed by atoms with Crippen LogP contribution in [0.2, 0.25) is 0 Å². The number of rotatable bonds is 4. The van der Waals surface area contributed by atoms with E-state index >= 15 is 0 Å². The van der Waals surface area contributed by atoms with Crippen molar-refractivity contribution in [2.24, 2.45) is 7.05 Å². The van der Waals surface area contributed by atoms with Gasteiger partial charge in [-0.3, -0.25) is 4.68 Å². The van der Waals surface area contributed by atoms with Gasteiger partial charge in [0.2, 0.25) is 10.0 Å². The smallest absolute Gasteiger partial charge is 0.208 e. The second kappa shape index (κ2) is 5.81. The topological polar surface area (TPSA) is 93.0 Å². The van der Waals surface area contributed by atoms with Crippen molar-refractivity contribution >= 4 is 26.9 Å². The monoisotopic (exact) mass is 324 g/mol. The van der Waals surface area contributed by atoms with E-state index in [0.717, 1.165) is 42.7 Å². The Morgan fingerprint density at radius 1 is 1.36 bits per heavy atom. The molecule has 0 aliphatic carbocycles. The summed E-state index contributed by atoms with van der Waals surface area (Å²) in [6.45, 7) is 1.25. The molecule has 1 atom stereocenters. The van der Waals surface area contributed by atoms with Crippen LogP contribution in [0.3, 0.4) is 0 Å². The van der Waals surface area contributed by atoms with E-state index in [1.165, 1.54) is 12.6 Å². The van der Waals surface area contributed by atoms with Gasteiger partial charge >= 0.3 is 0 Å². The average Bonchev–Trinajstić information content (AvgIpc) is 2.87. The number of aromatic nitrogens is 4. The Kier molecular flexibility index (Phi) is 4.00. The first-order chi connectivity index (χ1) is 10.5. The van der Waals surface area contributed by atoms with Gasteiger partial charge in [0.1, 0.15) is 12.1 Å². The number of nitrogens with zero attached hydrogens (tertiary/aromatic N) is 5. The van der Waals surface area contributed by atoms with Crippen molar-refractivity contribution in [3.05, 3.63) is 12.5 Å². The maximum absolute atomic E-state index is 11.4. The summed E-state index contributed by atoms with van der Waals surface area (Å²) < 4.78 is 27.1. The van der Waals surface area contributed by atoms with Gasteiger partial charge in [-0.2, -0.15) is 5.10 Å². The van der Waals surface area contributed by atoms with Crippen LogP contribution in [-0.2, 0) is 17.1 Å². The SMILES string of the molecule is Cn1ncc2c(N3CCCC[C@@H]3CNS(C)(=O)=O)ncnc21. The van der Waals surface area contributed by atoms with E-state index in [4.69, 9.17) is 0 Å². The van der Waals surface area contributed by atoms with Crippen LogP contribution in [0, 0.1) is 0 Å². The van der Waals surface area contributed by atoms with Crippen LogP contribution >= 0.6 is 0 Å². The van der Waals surface area contributed by atoms with E-state index in [2.05, 4.69) is 24.7 Å². The highest BCUT2D eigenvalue weighted by atomic mass is 32.2. The van der Waals surface area contributed by atoms with Gasteiger partial charge in [0, 0.05) is 26.2 Å². The summed E-state index contributed by atoms with van der Waals surface area (Å²) in [6.07, 6.45) is 7.59. The predicted molar refractivity (Wildman–Crippen MR) is 84.1 cm³/mol. The Morgan fingerprint density at radius 2 is 2.18 bits per heavy atom. The largest absolute Gasteiger partial charge is 0.352 e. The molecule has 0 spiro atoms. The van der Waals surface area contributed by atoms with E-state index in [-0.39, 0.29) is 6.04 Å². The van der Waals surface area contributed by atoms with Gasteiger partial charge in [0.05, 0.1) is 17.8 Å². The molecule has 2 aromatic heterocycles. The lowest BCUT2D eigenvalue weighted by Crippen LogP contribution is -2.47. The standard InChI is InChI=1S/C13H20N6O2S/c1-18-12-11(8-16-18)13(15-9-14-12)19-6-4-3-5-10(19)7-17-22(2,20)21/h8-10,17H,3-7H2,1-2H3/t10-/m1/s1. The van der Waals surface area contributed by atoms with E-state index in [0.29, 0.717) is 6.54 Å². The average molecular weight is 324 g/mol. The van der Waals surface area contributed by atoms with Crippen LogP contribution in [0.5, 0.6) is 0 Å². The molecule has 9 heteroatoms. The molecule has 1 fully saturated rings. The first kappa shape index (κ1) is 15.2. The van der Waals surface area contributed by atoms with Gasteiger partial charge in [0.15, 0.2) is 5.65 Å². The summed E-state index contributed by atoms with van der Waals surface area (Å²) in [7, 11) is -1.35. The van der Waals surface area contributed by atoms with Gasteiger partial charge in [-0.25, -0.2) is 23.1 Å². The summed E-state index contributed by atoms with van der Waals surface area (Å²) in [5.74, 6) is 0.832. The van der Waals surface area contributed by atoms with Crippen LogP contribution in [0.4, 0.5) is 5.82 Å². The highest BCUT2D eigenvalue weighted by Crippen LogP contribution is 2.28. The maximum Gasteiger partial charge on any atom is 0.208 e. The molecule has 3 heterocycles. The van der Waals surface area contributed by atoms with Crippen molar-refractivity contribution in [2.45, 2.75) is 25.3 Å². The highest BCUT2D eigenvalue weighted by molar-refractivity contribution is 7.88. The Morgan fingerprint density at radius 3 is 2.95 bits per heavy atom. The molecule has 1 saturated heterocycles. The Labute approximate surface area is 129 Å². The van der Waals surface area contributed by atoms with Crippen molar-refractivity contribution in [1.82, 2.24) is 24.5 Å². The third-order valence-electron chi connectivity index (χ3n) is 3.99. The zero-order valence-electron chi connectivity index (χ0n) is 12.7. The second-order valence-corrected chi connectivity index (χ2v) is 7.50. The van der Waals surface area contributed by atoms with E-state index in [9.17, 15) is 8.42 Å². The molecular formula is C13H20N6O2S. The number of piperidine rings is 1. The van der Waals surface area contributed by atoms with Gasteiger partial charge in [-0.15, -0.1) is 0 Å². The summed E-state index contributed by atoms with van der Waals surface area (Å²) >= 11 is 0. The molecule has 1 aliphatic heterocycles. The van der Waals surface area contributed by atoms with Crippen LogP contribution in [0.1, 0.15) is 19.3 Å². The third-order valence-corrected chi connectivity index (χ3v) is 4.68. The van der Waals surface area contributed by atoms with Crippen LogP contribution in [-0.4, -0.2) is 53.6 Å². The van der Waals surface area contributed by atoms with Crippen molar-refractivity contribution in [2.75, 3.05) is 24.2 Å². The molecule has 3 rings (SSSR count). The number of nitrogens with one attached hydrogen (secondary N) is 1. The lowest BCUT2D eigenvalue weighted by molar-refractivity contribution is 0.451. The van der Waals surface area contributed by atoms with E-state index in [1.54, 1.807) is 10.9 Å². The van der Waals surface area contributed by atoms with Crippen molar-refractivity contribution in [1.29, 1.82) is 0 Å². The van der Waals surface area contributed by atoms with Crippen molar-refractivity contribution < 1.29 is 8.42 Å². The number of hydrogen-bond acceptors (Lipinski definition) is 6. The van der Waals surface area contributed by atoms with Crippen LogP contribution < -0.4 is 9.62 Å². The minimum atomic E-state index is -3.19. The fourth-order valence-electron chi connectivity index (χ4n) is 2.92. The number of anilines is 1. The summed E-state index contributed by atoms with van der Waals surface area (Å²) in [6, 6.07) is 0.0989. The molecule has 0 radical (unpaired) electrons. The lowest BCUT2D eigenvalue weighted by atomic mass is 10.0. The zero-order valence-corrected chi connectivity index (χ0v) is 13.5. The Hall–Kier alpha value is -1.74. The fourth-order valence-corrected chi connectivity index (χ4v) is 3.41.